The van der Waals surface area contributed by atoms with Crippen LogP contribution in [0.1, 0.15) is 11.1 Å². The zero-order valence-electron chi connectivity index (χ0n) is 14.2. The Bertz CT molecular complexity index is 953. The molecule has 138 valence electrons. The van der Waals surface area contributed by atoms with Gasteiger partial charge in [0.2, 0.25) is 0 Å². The number of amides is 4. The second-order valence-corrected chi connectivity index (χ2v) is 5.77. The second kappa shape index (κ2) is 7.28. The number of nitrogens with zero attached hydrogens (tertiary/aromatic N) is 1. The number of aromatic hydroxyl groups is 1. The van der Waals surface area contributed by atoms with E-state index in [1.54, 1.807) is 6.07 Å². The molecule has 2 N–H and O–H groups in total. The molecule has 1 heterocycles. The zero-order valence-corrected chi connectivity index (χ0v) is 14.2. The molecule has 0 spiro atoms. The van der Waals surface area contributed by atoms with E-state index in [4.69, 9.17) is 4.74 Å². The van der Waals surface area contributed by atoms with Gasteiger partial charge in [-0.2, -0.15) is 0 Å². The van der Waals surface area contributed by atoms with Crippen molar-refractivity contribution in [3.05, 3.63) is 65.0 Å². The number of phenolic OH excluding ortho intramolecular Hbond substituents is 1. The third-order valence-electron chi connectivity index (χ3n) is 3.95. The van der Waals surface area contributed by atoms with Crippen LogP contribution < -0.4 is 10.1 Å². The predicted molar refractivity (Wildman–Crippen MR) is 93.1 cm³/mol. The van der Waals surface area contributed by atoms with Crippen molar-refractivity contribution in [3.63, 3.8) is 0 Å². The number of carbonyl (C=O) groups is 3. The summed E-state index contributed by atoms with van der Waals surface area (Å²) in [6, 6.07) is 8.81. The lowest BCUT2D eigenvalue weighted by atomic mass is 10.1. The summed E-state index contributed by atoms with van der Waals surface area (Å²) < 4.78 is 18.0. The summed E-state index contributed by atoms with van der Waals surface area (Å²) in [6.07, 6.45) is 1.26. The number of hydrogen-bond acceptors (Lipinski definition) is 5. The molecule has 4 amide bonds. The molecule has 0 aromatic heterocycles. The predicted octanol–water partition coefficient (Wildman–Crippen LogP) is 2.20. The van der Waals surface area contributed by atoms with Crippen LogP contribution >= 0.6 is 0 Å². The fraction of sp³-hybridized carbons (Fsp3) is 0.105. The van der Waals surface area contributed by atoms with Crippen LogP contribution in [0.25, 0.3) is 6.08 Å². The van der Waals surface area contributed by atoms with Crippen molar-refractivity contribution >= 4 is 23.9 Å². The largest absolute Gasteiger partial charge is 0.504 e. The Hall–Kier alpha value is -3.68. The summed E-state index contributed by atoms with van der Waals surface area (Å²) in [5.74, 6) is -1.98. The van der Waals surface area contributed by atoms with Crippen molar-refractivity contribution in [3.8, 4) is 11.5 Å². The Kier molecular flexibility index (Phi) is 4.89. The molecule has 7 nitrogen and oxygen atoms in total. The third-order valence-corrected chi connectivity index (χ3v) is 3.95. The standard InChI is InChI=1S/C19H15FN2O5/c1-27-16-7-4-12(9-15(16)23)8-14-17(24)21-19(26)22(18(14)25)10-11-2-5-13(20)6-3-11/h2-9,23H,10H2,1H3,(H,21,24,26). The van der Waals surface area contributed by atoms with E-state index in [1.807, 2.05) is 0 Å². The monoisotopic (exact) mass is 370 g/mol. The number of barbiturate groups is 1. The second-order valence-electron chi connectivity index (χ2n) is 5.77. The molecule has 8 heteroatoms. The van der Waals surface area contributed by atoms with Gasteiger partial charge in [-0.3, -0.25) is 19.8 Å². The highest BCUT2D eigenvalue weighted by molar-refractivity contribution is 6.30. The van der Waals surface area contributed by atoms with Crippen molar-refractivity contribution in [1.29, 1.82) is 0 Å². The van der Waals surface area contributed by atoms with E-state index >= 15 is 0 Å². The molecule has 0 bridgehead atoms. The highest BCUT2D eigenvalue weighted by Crippen LogP contribution is 2.27. The molecule has 2 aromatic carbocycles. The van der Waals surface area contributed by atoms with Gasteiger partial charge >= 0.3 is 6.03 Å². The lowest BCUT2D eigenvalue weighted by molar-refractivity contribution is -0.130. The first kappa shape index (κ1) is 18.1. The highest BCUT2D eigenvalue weighted by atomic mass is 19.1. The molecule has 27 heavy (non-hydrogen) atoms. The van der Waals surface area contributed by atoms with Crippen LogP contribution in [0.2, 0.25) is 0 Å². The Balaban J connectivity index is 1.89. The normalized spacial score (nSPS) is 15.9. The summed E-state index contributed by atoms with van der Waals surface area (Å²) in [7, 11) is 1.39. The molecular formula is C19H15FN2O5. The Morgan fingerprint density at radius 2 is 1.85 bits per heavy atom. The van der Waals surface area contributed by atoms with Gasteiger partial charge in [-0.25, -0.2) is 9.18 Å². The maximum absolute atomic E-state index is 13.0. The molecule has 0 saturated carbocycles. The number of hydrogen-bond donors (Lipinski definition) is 2. The number of ether oxygens (including phenoxy) is 1. The van der Waals surface area contributed by atoms with Gasteiger partial charge in [-0.15, -0.1) is 0 Å². The number of urea groups is 1. The van der Waals surface area contributed by atoms with Gasteiger partial charge in [0.15, 0.2) is 11.5 Å². The van der Waals surface area contributed by atoms with Crippen molar-refractivity contribution in [2.24, 2.45) is 0 Å². The van der Waals surface area contributed by atoms with E-state index in [1.165, 1.54) is 49.6 Å². The summed E-state index contributed by atoms with van der Waals surface area (Å²) in [4.78, 5) is 37.6. The van der Waals surface area contributed by atoms with Gasteiger partial charge in [0, 0.05) is 0 Å². The first-order chi connectivity index (χ1) is 12.9. The summed E-state index contributed by atoms with van der Waals surface area (Å²) in [5, 5.41) is 11.9. The van der Waals surface area contributed by atoms with E-state index in [0.717, 1.165) is 4.90 Å². The van der Waals surface area contributed by atoms with Crippen molar-refractivity contribution in [2.75, 3.05) is 7.11 Å². The van der Waals surface area contributed by atoms with Crippen LogP contribution in [-0.2, 0) is 16.1 Å². The molecule has 1 fully saturated rings. The topological polar surface area (TPSA) is 95.9 Å². The quantitative estimate of drug-likeness (QED) is 0.635. The number of rotatable bonds is 4. The van der Waals surface area contributed by atoms with Crippen LogP contribution in [0.4, 0.5) is 9.18 Å². The lowest BCUT2D eigenvalue weighted by Gasteiger charge is -2.26. The number of nitrogens with one attached hydrogen (secondary N) is 1. The fourth-order valence-electron chi connectivity index (χ4n) is 2.57. The first-order valence-corrected chi connectivity index (χ1v) is 7.89. The molecule has 1 aliphatic rings. The molecule has 3 rings (SSSR count). The van der Waals surface area contributed by atoms with Gasteiger partial charge in [0.25, 0.3) is 11.8 Å². The minimum atomic E-state index is -0.857. The van der Waals surface area contributed by atoms with Crippen molar-refractivity contribution in [2.45, 2.75) is 6.54 Å². The smallest absolute Gasteiger partial charge is 0.331 e. The minimum absolute atomic E-state index is 0.122. The molecule has 0 unspecified atom stereocenters. The van der Waals surface area contributed by atoms with Crippen molar-refractivity contribution < 1.29 is 28.6 Å². The van der Waals surface area contributed by atoms with Gasteiger partial charge in [0.1, 0.15) is 11.4 Å². The molecule has 2 aromatic rings. The number of phenols is 1. The lowest BCUT2D eigenvalue weighted by Crippen LogP contribution is -2.53. The fourth-order valence-corrected chi connectivity index (χ4v) is 2.57. The van der Waals surface area contributed by atoms with Gasteiger partial charge < -0.3 is 9.84 Å². The molecule has 0 aliphatic carbocycles. The van der Waals surface area contributed by atoms with E-state index in [2.05, 4.69) is 5.32 Å². The van der Waals surface area contributed by atoms with Crippen LogP contribution in [0.15, 0.2) is 48.0 Å². The number of carbonyl (C=O) groups excluding carboxylic acids is 3. The molecule has 0 radical (unpaired) electrons. The van der Waals surface area contributed by atoms with Crippen molar-refractivity contribution in [1.82, 2.24) is 10.2 Å². The summed E-state index contributed by atoms with van der Waals surface area (Å²) in [6.45, 7) is -0.122. The van der Waals surface area contributed by atoms with E-state index < -0.39 is 23.7 Å². The first-order valence-electron chi connectivity index (χ1n) is 7.89. The number of benzene rings is 2. The van der Waals surface area contributed by atoms with E-state index in [0.29, 0.717) is 11.1 Å². The Labute approximate surface area is 153 Å². The Morgan fingerprint density at radius 3 is 2.48 bits per heavy atom. The van der Waals surface area contributed by atoms with Gasteiger partial charge in [-0.05, 0) is 41.5 Å². The average molecular weight is 370 g/mol. The van der Waals surface area contributed by atoms with Crippen LogP contribution in [0.5, 0.6) is 11.5 Å². The summed E-state index contributed by atoms with van der Waals surface area (Å²) >= 11 is 0. The highest BCUT2D eigenvalue weighted by Gasteiger charge is 2.35. The van der Waals surface area contributed by atoms with Crippen LogP contribution in [0.3, 0.4) is 0 Å². The maximum Gasteiger partial charge on any atom is 0.331 e. The minimum Gasteiger partial charge on any atom is -0.504 e. The average Bonchev–Trinajstić information content (AvgIpc) is 2.64. The summed E-state index contributed by atoms with van der Waals surface area (Å²) in [5.41, 5.74) is 0.639. The number of imide groups is 2. The number of halogens is 1. The van der Waals surface area contributed by atoms with Crippen LogP contribution in [0, 0.1) is 5.82 Å². The zero-order chi connectivity index (χ0) is 19.6. The molecular weight excluding hydrogens is 355 g/mol. The van der Waals surface area contributed by atoms with E-state index in [9.17, 15) is 23.9 Å². The van der Waals surface area contributed by atoms with Gasteiger partial charge in [0.05, 0.1) is 13.7 Å². The third kappa shape index (κ3) is 3.79. The number of methoxy groups -OCH3 is 1. The van der Waals surface area contributed by atoms with Gasteiger partial charge in [-0.1, -0.05) is 18.2 Å². The van der Waals surface area contributed by atoms with E-state index in [-0.39, 0.29) is 23.6 Å². The Morgan fingerprint density at radius 1 is 1.15 bits per heavy atom. The maximum atomic E-state index is 13.0. The van der Waals surface area contributed by atoms with Crippen LogP contribution in [-0.4, -0.2) is 35.0 Å². The molecule has 0 atom stereocenters. The molecule has 1 aliphatic heterocycles. The SMILES string of the molecule is COc1ccc(C=C2C(=O)NC(=O)N(Cc3ccc(F)cc3)C2=O)cc1O. The molecule has 1 saturated heterocycles.